The Hall–Kier alpha value is -3.92. The number of aliphatic hydroxyl groups excluding tert-OH is 1. The van der Waals surface area contributed by atoms with E-state index in [1.165, 1.54) is 34.1 Å². The number of halogens is 1. The molecular formula is C30H24ClN3O4S2. The first-order chi connectivity index (χ1) is 19.4. The minimum Gasteiger partial charge on any atom is -0.503 e. The van der Waals surface area contributed by atoms with Crippen molar-refractivity contribution in [1.29, 1.82) is 0 Å². The molecule has 0 bridgehead atoms. The highest BCUT2D eigenvalue weighted by molar-refractivity contribution is 8.00. The summed E-state index contributed by atoms with van der Waals surface area (Å²) >= 11 is 8.67. The van der Waals surface area contributed by atoms with Crippen molar-refractivity contribution in [3.63, 3.8) is 0 Å². The first-order valence-corrected chi connectivity index (χ1v) is 14.6. The van der Waals surface area contributed by atoms with Gasteiger partial charge in [0.05, 0.1) is 18.2 Å². The van der Waals surface area contributed by atoms with E-state index in [-0.39, 0.29) is 10.7 Å². The van der Waals surface area contributed by atoms with Gasteiger partial charge in [-0.05, 0) is 54.0 Å². The van der Waals surface area contributed by atoms with Crippen molar-refractivity contribution in [2.45, 2.75) is 23.1 Å². The van der Waals surface area contributed by atoms with E-state index in [9.17, 15) is 14.7 Å². The van der Waals surface area contributed by atoms with E-state index in [0.29, 0.717) is 33.0 Å². The van der Waals surface area contributed by atoms with Gasteiger partial charge >= 0.3 is 0 Å². The summed E-state index contributed by atoms with van der Waals surface area (Å²) in [7, 11) is 0. The normalized spacial score (nSPS) is 15.3. The Morgan fingerprint density at radius 2 is 1.80 bits per heavy atom. The number of anilines is 1. The molecule has 5 rings (SSSR count). The van der Waals surface area contributed by atoms with Crippen LogP contribution in [0.3, 0.4) is 0 Å². The lowest BCUT2D eigenvalue weighted by Crippen LogP contribution is -2.30. The fourth-order valence-electron chi connectivity index (χ4n) is 4.19. The molecule has 202 valence electrons. The zero-order valence-electron chi connectivity index (χ0n) is 21.4. The number of rotatable bonds is 10. The average molecular weight is 590 g/mol. The van der Waals surface area contributed by atoms with Crippen LogP contribution in [0, 0.1) is 0 Å². The standard InChI is InChI=1S/C30H24ClN3O4S2/c1-2-38-23-15-11-21(12-16-23)26-25(24(35)17-10-19-6-4-3-5-7-19)27(36)28(37)34(26)29-32-33-30(40-29)39-18-20-8-13-22(31)14-9-20/h3-17,26,36H,2,18H2,1H3/b17-10+. The van der Waals surface area contributed by atoms with Gasteiger partial charge < -0.3 is 9.84 Å². The summed E-state index contributed by atoms with van der Waals surface area (Å²) in [6, 6.07) is 23.1. The number of thioether (sulfide) groups is 1. The van der Waals surface area contributed by atoms with Crippen LogP contribution in [0.25, 0.3) is 6.08 Å². The lowest BCUT2D eigenvalue weighted by molar-refractivity contribution is -0.117. The van der Waals surface area contributed by atoms with Crippen LogP contribution in [0.15, 0.2) is 101 Å². The van der Waals surface area contributed by atoms with Gasteiger partial charge in [-0.1, -0.05) is 95.4 Å². The van der Waals surface area contributed by atoms with Crippen LogP contribution in [0.2, 0.25) is 5.02 Å². The number of hydrogen-bond donors (Lipinski definition) is 1. The predicted molar refractivity (Wildman–Crippen MR) is 159 cm³/mol. The molecule has 1 amide bonds. The predicted octanol–water partition coefficient (Wildman–Crippen LogP) is 7.07. The van der Waals surface area contributed by atoms with Crippen LogP contribution in [0.4, 0.5) is 5.13 Å². The molecule has 0 spiro atoms. The third-order valence-corrected chi connectivity index (χ3v) is 8.46. The number of nitrogens with zero attached hydrogens (tertiary/aromatic N) is 3. The Morgan fingerprint density at radius 1 is 1.07 bits per heavy atom. The monoisotopic (exact) mass is 589 g/mol. The van der Waals surface area contributed by atoms with E-state index in [1.807, 2.05) is 61.5 Å². The van der Waals surface area contributed by atoms with E-state index in [1.54, 1.807) is 30.3 Å². The fraction of sp³-hybridized carbons (Fsp3) is 0.133. The molecule has 40 heavy (non-hydrogen) atoms. The van der Waals surface area contributed by atoms with Crippen molar-refractivity contribution in [3.8, 4) is 5.75 Å². The number of aliphatic hydroxyl groups is 1. The number of carbonyl (C=O) groups excluding carboxylic acids is 2. The number of aromatic nitrogens is 2. The molecule has 0 saturated carbocycles. The van der Waals surface area contributed by atoms with Crippen LogP contribution < -0.4 is 9.64 Å². The van der Waals surface area contributed by atoms with Gasteiger partial charge in [-0.15, -0.1) is 10.2 Å². The van der Waals surface area contributed by atoms with Crippen molar-refractivity contribution in [2.75, 3.05) is 11.5 Å². The van der Waals surface area contributed by atoms with Crippen molar-refractivity contribution in [1.82, 2.24) is 10.2 Å². The molecule has 0 radical (unpaired) electrons. The Balaban J connectivity index is 1.45. The van der Waals surface area contributed by atoms with Crippen molar-refractivity contribution >= 4 is 57.6 Å². The maximum absolute atomic E-state index is 13.4. The Bertz CT molecular complexity index is 1570. The molecule has 0 aliphatic carbocycles. The van der Waals surface area contributed by atoms with Gasteiger partial charge in [-0.3, -0.25) is 14.5 Å². The van der Waals surface area contributed by atoms with Gasteiger partial charge in [-0.2, -0.15) is 0 Å². The molecule has 1 unspecified atom stereocenters. The fourth-order valence-corrected chi connectivity index (χ4v) is 6.14. The molecule has 1 atom stereocenters. The Kier molecular flexibility index (Phi) is 8.64. The number of amides is 1. The van der Waals surface area contributed by atoms with Gasteiger partial charge in [-0.25, -0.2) is 0 Å². The second-order valence-electron chi connectivity index (χ2n) is 8.72. The Labute approximate surface area is 244 Å². The van der Waals surface area contributed by atoms with Gasteiger partial charge in [0.1, 0.15) is 5.75 Å². The van der Waals surface area contributed by atoms with Crippen molar-refractivity contribution in [3.05, 3.63) is 118 Å². The van der Waals surface area contributed by atoms with Crippen LogP contribution in [-0.2, 0) is 15.3 Å². The molecule has 10 heteroatoms. The quantitative estimate of drug-likeness (QED) is 0.120. The molecule has 4 aromatic rings. The molecule has 2 heterocycles. The number of carbonyl (C=O) groups is 2. The van der Waals surface area contributed by atoms with E-state index in [2.05, 4.69) is 10.2 Å². The first kappa shape index (κ1) is 27.6. The molecule has 0 fully saturated rings. The topological polar surface area (TPSA) is 92.6 Å². The van der Waals surface area contributed by atoms with Crippen molar-refractivity contribution in [2.24, 2.45) is 0 Å². The van der Waals surface area contributed by atoms with Gasteiger partial charge in [0.15, 0.2) is 15.9 Å². The third-order valence-electron chi connectivity index (χ3n) is 6.08. The summed E-state index contributed by atoms with van der Waals surface area (Å²) in [5.74, 6) is -0.491. The number of allylic oxidation sites excluding steroid dienone is 1. The average Bonchev–Trinajstić information content (AvgIpc) is 3.54. The molecular weight excluding hydrogens is 566 g/mol. The van der Waals surface area contributed by atoms with E-state index >= 15 is 0 Å². The van der Waals surface area contributed by atoms with Crippen LogP contribution >= 0.6 is 34.7 Å². The van der Waals surface area contributed by atoms with E-state index in [0.717, 1.165) is 11.1 Å². The van der Waals surface area contributed by atoms with Crippen LogP contribution in [0.5, 0.6) is 5.75 Å². The number of ketones is 1. The minimum atomic E-state index is -0.891. The lowest BCUT2D eigenvalue weighted by atomic mass is 9.95. The number of ether oxygens (including phenoxy) is 1. The zero-order chi connectivity index (χ0) is 28.1. The van der Waals surface area contributed by atoms with Crippen LogP contribution in [0.1, 0.15) is 29.7 Å². The molecule has 1 N–H and O–H groups in total. The summed E-state index contributed by atoms with van der Waals surface area (Å²) in [5, 5.41) is 20.4. The van der Waals surface area contributed by atoms with Gasteiger partial charge in [0, 0.05) is 10.8 Å². The van der Waals surface area contributed by atoms with E-state index < -0.39 is 23.5 Å². The molecule has 1 aliphatic rings. The molecule has 3 aromatic carbocycles. The zero-order valence-corrected chi connectivity index (χ0v) is 23.7. The highest BCUT2D eigenvalue weighted by Gasteiger charge is 2.45. The van der Waals surface area contributed by atoms with Crippen LogP contribution in [-0.4, -0.2) is 33.6 Å². The smallest absolute Gasteiger partial charge is 0.296 e. The molecule has 1 aromatic heterocycles. The molecule has 1 aliphatic heterocycles. The number of benzene rings is 3. The summed E-state index contributed by atoms with van der Waals surface area (Å²) < 4.78 is 6.21. The lowest BCUT2D eigenvalue weighted by Gasteiger charge is -2.24. The van der Waals surface area contributed by atoms with Gasteiger partial charge in [0.25, 0.3) is 5.91 Å². The summed E-state index contributed by atoms with van der Waals surface area (Å²) in [4.78, 5) is 28.2. The van der Waals surface area contributed by atoms with E-state index in [4.69, 9.17) is 16.3 Å². The highest BCUT2D eigenvalue weighted by atomic mass is 35.5. The largest absolute Gasteiger partial charge is 0.503 e. The van der Waals surface area contributed by atoms with Crippen molar-refractivity contribution < 1.29 is 19.4 Å². The molecule has 7 nitrogen and oxygen atoms in total. The minimum absolute atomic E-state index is 0.0214. The first-order valence-electron chi connectivity index (χ1n) is 12.4. The Morgan fingerprint density at radius 3 is 2.50 bits per heavy atom. The van der Waals surface area contributed by atoms with Gasteiger partial charge in [0.2, 0.25) is 5.13 Å². The highest BCUT2D eigenvalue weighted by Crippen LogP contribution is 2.43. The number of hydrogen-bond acceptors (Lipinski definition) is 8. The molecule has 0 saturated heterocycles. The third kappa shape index (κ3) is 6.12. The maximum Gasteiger partial charge on any atom is 0.296 e. The SMILES string of the molecule is CCOc1ccc(C2C(C(=O)/C=C/c3ccccc3)=C(O)C(=O)N2c2nnc(SCc3ccc(Cl)cc3)s2)cc1. The summed E-state index contributed by atoms with van der Waals surface area (Å²) in [6.07, 6.45) is 3.02. The second-order valence-corrected chi connectivity index (χ2v) is 11.3. The summed E-state index contributed by atoms with van der Waals surface area (Å²) in [6.45, 7) is 2.39. The second kappa shape index (κ2) is 12.5. The summed E-state index contributed by atoms with van der Waals surface area (Å²) in [5.41, 5.74) is 2.49. The maximum atomic E-state index is 13.4.